The average Bonchev–Trinajstić information content (AvgIpc) is 2.92. The number of hydrogen-bond donors (Lipinski definition) is 1. The van der Waals surface area contributed by atoms with E-state index < -0.39 is 11.7 Å². The number of rotatable bonds is 3. The summed E-state index contributed by atoms with van der Waals surface area (Å²) in [5, 5.41) is 2.47. The molecule has 1 aliphatic heterocycles. The van der Waals surface area contributed by atoms with Crippen LogP contribution in [0.1, 0.15) is 28.8 Å². The third-order valence-electron chi connectivity index (χ3n) is 3.23. The van der Waals surface area contributed by atoms with Crippen LogP contribution in [0.5, 0.6) is 0 Å². The smallest absolute Gasteiger partial charge is 0.254 e. The minimum atomic E-state index is -0.572. The van der Waals surface area contributed by atoms with E-state index in [0.717, 1.165) is 31.5 Å². The molecule has 1 N–H and O–H groups in total. The maximum Gasteiger partial charge on any atom is 0.254 e. The van der Waals surface area contributed by atoms with E-state index in [0.29, 0.717) is 0 Å². The van der Waals surface area contributed by atoms with Crippen LogP contribution in [0.3, 0.4) is 0 Å². The van der Waals surface area contributed by atoms with Crippen molar-refractivity contribution >= 4 is 11.8 Å². The normalized spacial score (nSPS) is 14.5. The summed E-state index contributed by atoms with van der Waals surface area (Å²) in [5.74, 6) is -1.23. The molecule has 1 aromatic rings. The Morgan fingerprint density at radius 1 is 1.32 bits per heavy atom. The molecule has 2 rings (SSSR count). The van der Waals surface area contributed by atoms with E-state index in [1.54, 1.807) is 17.9 Å². The molecule has 0 saturated carbocycles. The lowest BCUT2D eigenvalue weighted by Crippen LogP contribution is -2.38. The second-order valence-corrected chi connectivity index (χ2v) is 4.75. The SMILES string of the molecule is Cc1ccc(F)c(C(=O)NCC(=O)N2CCCC2)c1. The molecule has 0 aliphatic carbocycles. The number of carbonyl (C=O) groups excluding carboxylic acids is 2. The maximum absolute atomic E-state index is 13.5. The molecule has 1 aromatic carbocycles. The summed E-state index contributed by atoms with van der Waals surface area (Å²) in [5.41, 5.74) is 0.784. The predicted molar refractivity (Wildman–Crippen MR) is 69.3 cm³/mol. The van der Waals surface area contributed by atoms with Crippen molar-refractivity contribution in [2.24, 2.45) is 0 Å². The molecule has 0 spiro atoms. The summed E-state index contributed by atoms with van der Waals surface area (Å²) < 4.78 is 13.5. The maximum atomic E-state index is 13.5. The van der Waals surface area contributed by atoms with Crippen molar-refractivity contribution in [1.82, 2.24) is 10.2 Å². The van der Waals surface area contributed by atoms with Crippen LogP contribution in [0.25, 0.3) is 0 Å². The minimum absolute atomic E-state index is 0.0192. The number of benzene rings is 1. The molecule has 0 unspecified atom stereocenters. The van der Waals surface area contributed by atoms with Crippen molar-refractivity contribution in [1.29, 1.82) is 0 Å². The second-order valence-electron chi connectivity index (χ2n) is 4.75. The van der Waals surface area contributed by atoms with Crippen molar-refractivity contribution in [2.45, 2.75) is 19.8 Å². The van der Waals surface area contributed by atoms with Crippen molar-refractivity contribution in [3.05, 3.63) is 35.1 Å². The fourth-order valence-electron chi connectivity index (χ4n) is 2.14. The van der Waals surface area contributed by atoms with Gasteiger partial charge in [-0.3, -0.25) is 9.59 Å². The third-order valence-corrected chi connectivity index (χ3v) is 3.23. The van der Waals surface area contributed by atoms with Gasteiger partial charge in [-0.1, -0.05) is 11.6 Å². The average molecular weight is 264 g/mol. The summed E-state index contributed by atoms with van der Waals surface area (Å²) in [7, 11) is 0. The highest BCUT2D eigenvalue weighted by atomic mass is 19.1. The number of amides is 2. The van der Waals surface area contributed by atoms with Crippen molar-refractivity contribution in [2.75, 3.05) is 19.6 Å². The number of halogens is 1. The largest absolute Gasteiger partial charge is 0.343 e. The Morgan fingerprint density at radius 2 is 2.00 bits per heavy atom. The fraction of sp³-hybridized carbons (Fsp3) is 0.429. The fourth-order valence-corrected chi connectivity index (χ4v) is 2.14. The van der Waals surface area contributed by atoms with Crippen LogP contribution in [0, 0.1) is 12.7 Å². The third kappa shape index (κ3) is 3.30. The van der Waals surface area contributed by atoms with Crippen LogP contribution in [0.2, 0.25) is 0 Å². The Bertz CT molecular complexity index is 496. The summed E-state index contributed by atoms with van der Waals surface area (Å²) in [6, 6.07) is 4.33. The first-order chi connectivity index (χ1) is 9.08. The van der Waals surface area contributed by atoms with Gasteiger partial charge in [0.25, 0.3) is 5.91 Å². The molecular formula is C14H17FN2O2. The summed E-state index contributed by atoms with van der Waals surface area (Å²) in [4.78, 5) is 25.3. The number of nitrogens with one attached hydrogen (secondary N) is 1. The molecule has 102 valence electrons. The van der Waals surface area contributed by atoms with Crippen LogP contribution >= 0.6 is 0 Å². The lowest BCUT2D eigenvalue weighted by molar-refractivity contribution is -0.129. The van der Waals surface area contributed by atoms with E-state index in [1.807, 2.05) is 0 Å². The van der Waals surface area contributed by atoms with Gasteiger partial charge in [-0.05, 0) is 31.9 Å². The first-order valence-corrected chi connectivity index (χ1v) is 6.40. The highest BCUT2D eigenvalue weighted by molar-refractivity contribution is 5.96. The summed E-state index contributed by atoms with van der Waals surface area (Å²) in [6.07, 6.45) is 2.01. The molecule has 0 radical (unpaired) electrons. The lowest BCUT2D eigenvalue weighted by Gasteiger charge is -2.15. The zero-order valence-electron chi connectivity index (χ0n) is 10.9. The van der Waals surface area contributed by atoms with Gasteiger partial charge in [0.2, 0.25) is 5.91 Å². The van der Waals surface area contributed by atoms with E-state index in [2.05, 4.69) is 5.32 Å². The molecular weight excluding hydrogens is 247 g/mol. The van der Waals surface area contributed by atoms with E-state index in [4.69, 9.17) is 0 Å². The molecule has 1 heterocycles. The number of aryl methyl sites for hydroxylation is 1. The Balaban J connectivity index is 1.93. The van der Waals surface area contributed by atoms with Crippen molar-refractivity contribution < 1.29 is 14.0 Å². The number of carbonyl (C=O) groups is 2. The number of likely N-dealkylation sites (tertiary alicyclic amines) is 1. The molecule has 0 aromatic heterocycles. The number of nitrogens with zero attached hydrogens (tertiary/aromatic N) is 1. The molecule has 5 heteroatoms. The van der Waals surface area contributed by atoms with Gasteiger partial charge < -0.3 is 10.2 Å². The highest BCUT2D eigenvalue weighted by Crippen LogP contribution is 2.10. The van der Waals surface area contributed by atoms with Gasteiger partial charge in [-0.15, -0.1) is 0 Å². The summed E-state index contributed by atoms with van der Waals surface area (Å²) in [6.45, 7) is 3.19. The van der Waals surface area contributed by atoms with Crippen molar-refractivity contribution in [3.63, 3.8) is 0 Å². The standard InChI is InChI=1S/C14H17FN2O2/c1-10-4-5-12(15)11(8-10)14(19)16-9-13(18)17-6-2-3-7-17/h4-5,8H,2-3,6-7,9H2,1H3,(H,16,19). The van der Waals surface area contributed by atoms with E-state index >= 15 is 0 Å². The Hall–Kier alpha value is -1.91. The molecule has 4 nitrogen and oxygen atoms in total. The van der Waals surface area contributed by atoms with Crippen LogP contribution in [-0.2, 0) is 4.79 Å². The van der Waals surface area contributed by atoms with Crippen LogP contribution in [-0.4, -0.2) is 36.3 Å². The predicted octanol–water partition coefficient (Wildman–Crippen LogP) is 1.49. The molecule has 2 amide bonds. The van der Waals surface area contributed by atoms with Crippen LogP contribution in [0.4, 0.5) is 4.39 Å². The molecule has 0 atom stereocenters. The lowest BCUT2D eigenvalue weighted by atomic mass is 10.1. The topological polar surface area (TPSA) is 49.4 Å². The molecule has 19 heavy (non-hydrogen) atoms. The quantitative estimate of drug-likeness (QED) is 0.899. The monoisotopic (exact) mass is 264 g/mol. The van der Waals surface area contributed by atoms with Crippen molar-refractivity contribution in [3.8, 4) is 0 Å². The molecule has 0 bridgehead atoms. The number of hydrogen-bond acceptors (Lipinski definition) is 2. The first kappa shape index (κ1) is 13.5. The van der Waals surface area contributed by atoms with Gasteiger partial charge >= 0.3 is 0 Å². The minimum Gasteiger partial charge on any atom is -0.343 e. The van der Waals surface area contributed by atoms with E-state index in [1.165, 1.54) is 12.1 Å². The second kappa shape index (κ2) is 5.82. The highest BCUT2D eigenvalue weighted by Gasteiger charge is 2.19. The Kier molecular flexibility index (Phi) is 4.14. The van der Waals surface area contributed by atoms with Gasteiger partial charge in [-0.25, -0.2) is 4.39 Å². The Morgan fingerprint density at radius 3 is 2.68 bits per heavy atom. The van der Waals surface area contributed by atoms with E-state index in [9.17, 15) is 14.0 Å². The summed E-state index contributed by atoms with van der Waals surface area (Å²) >= 11 is 0. The molecule has 1 saturated heterocycles. The zero-order valence-corrected chi connectivity index (χ0v) is 10.9. The van der Waals surface area contributed by atoms with Gasteiger partial charge in [0, 0.05) is 13.1 Å². The molecule has 1 aliphatic rings. The van der Waals surface area contributed by atoms with Gasteiger partial charge in [0.1, 0.15) is 5.82 Å². The first-order valence-electron chi connectivity index (χ1n) is 6.40. The van der Waals surface area contributed by atoms with Crippen LogP contribution < -0.4 is 5.32 Å². The van der Waals surface area contributed by atoms with Gasteiger partial charge in [0.05, 0.1) is 12.1 Å². The Labute approximate surface area is 111 Å². The zero-order chi connectivity index (χ0) is 13.8. The van der Waals surface area contributed by atoms with Gasteiger partial charge in [0.15, 0.2) is 0 Å². The van der Waals surface area contributed by atoms with Gasteiger partial charge in [-0.2, -0.15) is 0 Å². The van der Waals surface area contributed by atoms with Crippen LogP contribution in [0.15, 0.2) is 18.2 Å². The molecule has 1 fully saturated rings. The van der Waals surface area contributed by atoms with E-state index in [-0.39, 0.29) is 18.0 Å².